The molecule has 26 heavy (non-hydrogen) atoms. The van der Waals surface area contributed by atoms with Crippen LogP contribution >= 0.6 is 0 Å². The highest BCUT2D eigenvalue weighted by Gasteiger charge is 2.26. The Morgan fingerprint density at radius 3 is 3.00 bits per heavy atom. The van der Waals surface area contributed by atoms with Gasteiger partial charge in [0.05, 0.1) is 0 Å². The molecule has 1 atom stereocenters. The first-order valence-electron chi connectivity index (χ1n) is 9.31. The van der Waals surface area contributed by atoms with Crippen molar-refractivity contribution in [2.24, 2.45) is 0 Å². The summed E-state index contributed by atoms with van der Waals surface area (Å²) in [7, 11) is 4.12. The number of nitrogens with zero attached hydrogens (tertiary/aromatic N) is 5. The normalized spacial score (nSPS) is 17.7. The van der Waals surface area contributed by atoms with Gasteiger partial charge in [0.15, 0.2) is 0 Å². The Bertz CT molecular complexity index is 701. The van der Waals surface area contributed by atoms with Crippen molar-refractivity contribution in [3.8, 4) is 11.5 Å². The zero-order valence-corrected chi connectivity index (χ0v) is 15.6. The minimum Gasteiger partial charge on any atom is -0.339 e. The van der Waals surface area contributed by atoms with E-state index in [1.54, 1.807) is 6.20 Å². The molecule has 2 aromatic heterocycles. The van der Waals surface area contributed by atoms with Crippen molar-refractivity contribution in [2.45, 2.75) is 44.6 Å². The zero-order valence-electron chi connectivity index (χ0n) is 15.6. The first-order valence-corrected chi connectivity index (χ1v) is 9.31. The van der Waals surface area contributed by atoms with Crippen molar-refractivity contribution in [3.63, 3.8) is 0 Å². The van der Waals surface area contributed by atoms with Gasteiger partial charge in [0.25, 0.3) is 0 Å². The number of likely N-dealkylation sites (tertiary alicyclic amines) is 1. The molecule has 0 aliphatic carbocycles. The highest BCUT2D eigenvalue weighted by Crippen LogP contribution is 2.19. The fraction of sp³-hybridized carbons (Fsp3) is 0.579. The molecule has 0 unspecified atom stereocenters. The Hall–Kier alpha value is -2.28. The van der Waals surface area contributed by atoms with E-state index >= 15 is 0 Å². The second-order valence-corrected chi connectivity index (χ2v) is 7.08. The third-order valence-corrected chi connectivity index (χ3v) is 4.67. The molecule has 140 valence electrons. The van der Waals surface area contributed by atoms with Gasteiger partial charge >= 0.3 is 0 Å². The first-order chi connectivity index (χ1) is 12.6. The van der Waals surface area contributed by atoms with E-state index in [4.69, 9.17) is 4.52 Å². The lowest BCUT2D eigenvalue weighted by molar-refractivity contribution is -0.135. The van der Waals surface area contributed by atoms with Gasteiger partial charge in [-0.2, -0.15) is 4.98 Å². The second kappa shape index (κ2) is 8.89. The van der Waals surface area contributed by atoms with Crippen molar-refractivity contribution >= 4 is 5.91 Å². The Morgan fingerprint density at radius 2 is 2.23 bits per heavy atom. The molecule has 0 N–H and O–H groups in total. The number of likely N-dealkylation sites (N-methyl/N-ethyl adjacent to an activating group) is 1. The van der Waals surface area contributed by atoms with Gasteiger partial charge in [-0.15, -0.1) is 0 Å². The van der Waals surface area contributed by atoms with Crippen LogP contribution in [-0.2, 0) is 11.2 Å². The van der Waals surface area contributed by atoms with Crippen LogP contribution in [0.25, 0.3) is 11.5 Å². The molecular formula is C19H27N5O2. The topological polar surface area (TPSA) is 75.4 Å². The minimum atomic E-state index is 0.237. The summed E-state index contributed by atoms with van der Waals surface area (Å²) in [5.74, 6) is 1.29. The Kier molecular flexibility index (Phi) is 6.33. The second-order valence-electron chi connectivity index (χ2n) is 7.08. The van der Waals surface area contributed by atoms with Crippen LogP contribution in [0.1, 0.15) is 38.0 Å². The van der Waals surface area contributed by atoms with Crippen molar-refractivity contribution < 1.29 is 9.32 Å². The summed E-state index contributed by atoms with van der Waals surface area (Å²) >= 11 is 0. The summed E-state index contributed by atoms with van der Waals surface area (Å²) in [5.41, 5.74) is 0.693. The standard InChI is InChI=1S/C19H27N5O2/c1-23(2)14-15-8-4-6-13-24(15)18(25)11-7-10-17-21-19(22-26-17)16-9-3-5-12-20-16/h3,5,9,12,15H,4,6-8,10-11,13-14H2,1-2H3/t15-/m0/s1. The Balaban J connectivity index is 1.49. The van der Waals surface area contributed by atoms with Crippen molar-refractivity contribution in [3.05, 3.63) is 30.3 Å². The van der Waals surface area contributed by atoms with Crippen LogP contribution < -0.4 is 0 Å². The number of aryl methyl sites for hydroxylation is 1. The molecular weight excluding hydrogens is 330 g/mol. The number of carbonyl (C=O) groups is 1. The highest BCUT2D eigenvalue weighted by atomic mass is 16.5. The van der Waals surface area contributed by atoms with Gasteiger partial charge < -0.3 is 14.3 Å². The zero-order chi connectivity index (χ0) is 18.4. The molecule has 1 saturated heterocycles. The van der Waals surface area contributed by atoms with Crippen molar-refractivity contribution in [2.75, 3.05) is 27.2 Å². The quantitative estimate of drug-likeness (QED) is 0.757. The smallest absolute Gasteiger partial charge is 0.227 e. The predicted octanol–water partition coefficient (Wildman–Crippen LogP) is 2.40. The molecule has 0 bridgehead atoms. The summed E-state index contributed by atoms with van der Waals surface area (Å²) < 4.78 is 5.29. The number of piperidine rings is 1. The van der Waals surface area contributed by atoms with Gasteiger partial charge in [-0.25, -0.2) is 0 Å². The highest BCUT2D eigenvalue weighted by molar-refractivity contribution is 5.76. The monoisotopic (exact) mass is 357 g/mol. The summed E-state index contributed by atoms with van der Waals surface area (Å²) in [6.45, 7) is 1.81. The van der Waals surface area contributed by atoms with E-state index in [0.29, 0.717) is 42.7 Å². The number of aromatic nitrogens is 3. The van der Waals surface area contributed by atoms with Crippen LogP contribution in [0.15, 0.2) is 28.9 Å². The lowest BCUT2D eigenvalue weighted by Gasteiger charge is -2.37. The van der Waals surface area contributed by atoms with Crippen molar-refractivity contribution in [1.29, 1.82) is 0 Å². The summed E-state index contributed by atoms with van der Waals surface area (Å²) in [5, 5.41) is 3.97. The summed E-state index contributed by atoms with van der Waals surface area (Å²) in [6, 6.07) is 5.92. The van der Waals surface area contributed by atoms with Gasteiger partial charge in [0, 0.05) is 38.2 Å². The largest absolute Gasteiger partial charge is 0.339 e. The molecule has 1 fully saturated rings. The van der Waals surface area contributed by atoms with Crippen LogP contribution in [-0.4, -0.2) is 64.1 Å². The molecule has 1 aliphatic heterocycles. The minimum absolute atomic E-state index is 0.237. The van der Waals surface area contributed by atoms with Gasteiger partial charge in [-0.3, -0.25) is 9.78 Å². The molecule has 1 amide bonds. The summed E-state index contributed by atoms with van der Waals surface area (Å²) in [4.78, 5) is 25.5. The molecule has 3 heterocycles. The number of hydrogen-bond donors (Lipinski definition) is 0. The molecule has 7 heteroatoms. The third-order valence-electron chi connectivity index (χ3n) is 4.67. The molecule has 2 aromatic rings. The molecule has 7 nitrogen and oxygen atoms in total. The fourth-order valence-corrected chi connectivity index (χ4v) is 3.43. The lowest BCUT2D eigenvalue weighted by Crippen LogP contribution is -2.48. The Labute approximate surface area is 154 Å². The van der Waals surface area contributed by atoms with Gasteiger partial charge in [-0.05, 0) is 51.9 Å². The molecule has 0 radical (unpaired) electrons. The molecule has 0 saturated carbocycles. The number of rotatable bonds is 7. The van der Waals surface area contributed by atoms with E-state index < -0.39 is 0 Å². The maximum Gasteiger partial charge on any atom is 0.227 e. The average Bonchev–Trinajstić information content (AvgIpc) is 3.11. The van der Waals surface area contributed by atoms with Gasteiger partial charge in [0.2, 0.25) is 17.6 Å². The maximum atomic E-state index is 12.6. The van der Waals surface area contributed by atoms with E-state index in [2.05, 4.69) is 39.0 Å². The van der Waals surface area contributed by atoms with E-state index in [1.165, 1.54) is 6.42 Å². The number of amides is 1. The van der Waals surface area contributed by atoms with Crippen LogP contribution in [0.5, 0.6) is 0 Å². The molecule has 1 aliphatic rings. The molecule has 0 aromatic carbocycles. The first kappa shape index (κ1) is 18.5. The van der Waals surface area contributed by atoms with E-state index in [-0.39, 0.29) is 5.91 Å². The van der Waals surface area contributed by atoms with Gasteiger partial charge in [-0.1, -0.05) is 11.2 Å². The number of hydrogen-bond acceptors (Lipinski definition) is 6. The van der Waals surface area contributed by atoms with Crippen LogP contribution in [0.4, 0.5) is 0 Å². The van der Waals surface area contributed by atoms with Crippen molar-refractivity contribution in [1.82, 2.24) is 24.9 Å². The van der Waals surface area contributed by atoms with Crippen LogP contribution in [0, 0.1) is 0 Å². The van der Waals surface area contributed by atoms with Crippen LogP contribution in [0.2, 0.25) is 0 Å². The SMILES string of the molecule is CN(C)C[C@@H]1CCCCN1C(=O)CCCc1nc(-c2ccccn2)no1. The Morgan fingerprint density at radius 1 is 1.35 bits per heavy atom. The fourth-order valence-electron chi connectivity index (χ4n) is 3.43. The lowest BCUT2D eigenvalue weighted by atomic mass is 10.0. The van der Waals surface area contributed by atoms with E-state index in [0.717, 1.165) is 25.9 Å². The van der Waals surface area contributed by atoms with E-state index in [1.807, 2.05) is 18.2 Å². The summed E-state index contributed by atoms with van der Waals surface area (Å²) in [6.07, 6.45) is 6.96. The van der Waals surface area contributed by atoms with Crippen LogP contribution in [0.3, 0.4) is 0 Å². The third kappa shape index (κ3) is 4.88. The number of carbonyl (C=O) groups excluding carboxylic acids is 1. The molecule has 0 spiro atoms. The van der Waals surface area contributed by atoms with E-state index in [9.17, 15) is 4.79 Å². The van der Waals surface area contributed by atoms with Gasteiger partial charge in [0.1, 0.15) is 5.69 Å². The molecule has 3 rings (SSSR count). The average molecular weight is 357 g/mol. The number of pyridine rings is 1. The predicted molar refractivity (Wildman–Crippen MR) is 98.4 cm³/mol. The maximum absolute atomic E-state index is 12.6.